The van der Waals surface area contributed by atoms with Crippen LogP contribution < -0.4 is 43.0 Å². The van der Waals surface area contributed by atoms with E-state index in [1.807, 2.05) is 4.90 Å². The van der Waals surface area contributed by atoms with Crippen molar-refractivity contribution >= 4 is 156 Å². The van der Waals surface area contributed by atoms with Crippen LogP contribution in [0.1, 0.15) is 16.7 Å². The van der Waals surface area contributed by atoms with Crippen molar-refractivity contribution in [2.45, 2.75) is 35.5 Å². The van der Waals surface area contributed by atoms with Gasteiger partial charge in [0.25, 0.3) is 30.4 Å². The number of urea groups is 2. The first kappa shape index (κ1) is 59.7. The summed E-state index contributed by atoms with van der Waals surface area (Å²) in [6, 6.07) is 18.0. The number of carbonyl (C=O) groups excluding carboxylic acids is 2. The molecule has 6 aromatic carbocycles. The molecule has 1 aliphatic heterocycles. The lowest BCUT2D eigenvalue weighted by molar-refractivity contribution is 0.258. The number of hydrogen-bond acceptors (Lipinski definition) is 23. The van der Waals surface area contributed by atoms with E-state index >= 15 is 0 Å². The zero-order valence-corrected chi connectivity index (χ0v) is 47.9. The smallest absolute Gasteiger partial charge is 0.316 e. The Balaban J connectivity index is 0.823. The summed E-state index contributed by atoms with van der Waals surface area (Å²) in [6.45, 7) is 8.08. The molecule has 0 aliphatic carbocycles. The van der Waals surface area contributed by atoms with Gasteiger partial charge in [-0.2, -0.15) is 60.3 Å². The van der Waals surface area contributed by atoms with Gasteiger partial charge in [-0.25, -0.2) is 9.59 Å². The first-order chi connectivity index (χ1) is 39.6. The average Bonchev–Trinajstić information content (AvgIpc) is 3.60. The molecule has 0 saturated carbocycles. The molecule has 0 bridgehead atoms. The molecule has 30 nitrogen and oxygen atoms in total. The number of primary amides is 2. The maximum atomic E-state index is 12.5. The number of piperazine rings is 1. The number of rotatable bonds is 18. The minimum absolute atomic E-state index is 0.0203. The molecule has 4 amide bonds. The molecule has 0 radical (unpaired) electrons. The third-order valence-corrected chi connectivity index (χ3v) is 15.5. The van der Waals surface area contributed by atoms with Crippen LogP contribution in [0, 0.1) is 20.8 Å². The van der Waals surface area contributed by atoms with Gasteiger partial charge in [-0.3, -0.25) is 18.6 Å². The van der Waals surface area contributed by atoms with Crippen LogP contribution in [0.5, 0.6) is 0 Å². The fraction of sp³-hybridized carbons (Fsp3) is 0.184. The largest absolute Gasteiger partial charge is 0.353 e. The number of nitrogens with one attached hydrogen (secondary N) is 5. The number of carbonyl (C=O) groups is 2. The molecule has 0 unspecified atom stereocenters. The lowest BCUT2D eigenvalue weighted by Gasteiger charge is -2.34. The van der Waals surface area contributed by atoms with E-state index in [1.165, 1.54) is 61.5 Å². The van der Waals surface area contributed by atoms with Crippen LogP contribution in [-0.2, 0) is 30.4 Å². The summed E-state index contributed by atoms with van der Waals surface area (Å²) >= 11 is 12.7. The Morgan fingerprint density at radius 1 is 0.548 bits per heavy atom. The fourth-order valence-corrected chi connectivity index (χ4v) is 11.3. The molecule has 1 fully saturated rings. The number of nitrogens with two attached hydrogens (primary N) is 2. The molecular weight excluding hydrogens is 1200 g/mol. The molecule has 12 N–H and O–H groups in total. The van der Waals surface area contributed by atoms with Crippen molar-refractivity contribution in [3.8, 4) is 0 Å². The predicted molar refractivity (Wildman–Crippen MR) is 313 cm³/mol. The minimum atomic E-state index is -4.96. The monoisotopic (exact) mass is 1240 g/mol. The second kappa shape index (κ2) is 24.1. The van der Waals surface area contributed by atoms with Gasteiger partial charge in [-0.1, -0.05) is 12.1 Å². The molecule has 35 heteroatoms. The highest BCUT2D eigenvalue weighted by atomic mass is 35.5. The molecule has 84 heavy (non-hydrogen) atoms. The van der Waals surface area contributed by atoms with Crippen LogP contribution in [0.3, 0.4) is 0 Å². The number of nitrogens with zero attached hydrogens (tertiary/aromatic N) is 12. The Kier molecular flexibility index (Phi) is 17.1. The van der Waals surface area contributed by atoms with E-state index in [0.29, 0.717) is 72.7 Å². The van der Waals surface area contributed by atoms with E-state index in [9.17, 15) is 48.5 Å². The minimum Gasteiger partial charge on any atom is -0.353 e. The fourth-order valence-electron chi connectivity index (χ4n) is 8.79. The highest BCUT2D eigenvalue weighted by Gasteiger charge is 2.24. The summed E-state index contributed by atoms with van der Waals surface area (Å²) < 4.78 is 104. The summed E-state index contributed by atoms with van der Waals surface area (Å²) in [5, 5.41) is 31.3. The van der Waals surface area contributed by atoms with Gasteiger partial charge in [0.05, 0.1) is 17.1 Å². The van der Waals surface area contributed by atoms with E-state index in [2.05, 4.69) is 81.8 Å². The van der Waals surface area contributed by atoms with Crippen molar-refractivity contribution in [2.75, 3.05) is 70.8 Å². The topological polar surface area (TPSA) is 443 Å². The number of amides is 4. The maximum absolute atomic E-state index is 12.5. The molecule has 1 saturated heterocycles. The number of hydrogen-bond donors (Lipinski definition) is 10. The number of aromatic nitrogens is 6. The Morgan fingerprint density at radius 3 is 1.54 bits per heavy atom. The Bertz CT molecular complexity index is 4410. The van der Waals surface area contributed by atoms with E-state index in [0.717, 1.165) is 12.1 Å². The van der Waals surface area contributed by atoms with Gasteiger partial charge in [0, 0.05) is 61.4 Å². The van der Waals surface area contributed by atoms with E-state index < -0.39 is 57.9 Å². The van der Waals surface area contributed by atoms with Gasteiger partial charge >= 0.3 is 12.1 Å². The number of anilines is 8. The SMILES string of the molecule is Cc1cc(S(=O)(=O)O)c2cc(N=Nc3ccc(Nc4nc(Cl)nc(NCCN5CCN(c6nc(Cl)nc(Nc7ccc(N=Nc8cc9c(S(=O)(=O)O)cc(C)cc9cc8S(=O)(=O)O)c(NC(N)=O)c7)n6)CC5)n4)cc3NC(N)=O)c(C)cc2c1. The normalized spacial score (nSPS) is 13.5. The van der Waals surface area contributed by atoms with Crippen molar-refractivity contribution in [3.05, 3.63) is 112 Å². The van der Waals surface area contributed by atoms with Crippen LogP contribution in [0.15, 0.2) is 120 Å². The third kappa shape index (κ3) is 14.6. The predicted octanol–water partition coefficient (Wildman–Crippen LogP) is 8.87. The van der Waals surface area contributed by atoms with Crippen LogP contribution in [0.25, 0.3) is 21.5 Å². The first-order valence-corrected chi connectivity index (χ1v) is 29.6. The second-order valence-electron chi connectivity index (χ2n) is 18.7. The summed E-state index contributed by atoms with van der Waals surface area (Å²) in [4.78, 5) is 52.6. The summed E-state index contributed by atoms with van der Waals surface area (Å²) in [6.07, 6.45) is 0. The summed E-state index contributed by atoms with van der Waals surface area (Å²) in [5.41, 5.74) is 13.3. The first-order valence-electron chi connectivity index (χ1n) is 24.5. The molecule has 2 aromatic heterocycles. The highest BCUT2D eigenvalue weighted by Crippen LogP contribution is 2.39. The molecule has 0 atom stereocenters. The lowest BCUT2D eigenvalue weighted by Crippen LogP contribution is -2.48. The zero-order valence-electron chi connectivity index (χ0n) is 43.9. The molecule has 0 spiro atoms. The van der Waals surface area contributed by atoms with Crippen LogP contribution in [0.4, 0.5) is 78.9 Å². The van der Waals surface area contributed by atoms with Gasteiger partial charge < -0.3 is 43.0 Å². The van der Waals surface area contributed by atoms with E-state index in [-0.39, 0.29) is 83.9 Å². The zero-order chi connectivity index (χ0) is 60.4. The third-order valence-electron chi connectivity index (χ3n) is 12.5. The van der Waals surface area contributed by atoms with Gasteiger partial charge in [0.1, 0.15) is 31.7 Å². The number of fused-ring (bicyclic) bond motifs is 2. The standard InChI is InChI=1S/C49H47Cl2N19O11S3/c1-24-14-27-18-26(3)35(22-31(27)39(16-24)82(73,74)75)67-65-33-6-4-29(20-36(33)57-44(52)71)55-47-60-42(50)59-46(63-47)54-8-9-69-10-12-70(13-11-69)49-62-43(51)61-48(64-49)56-30-5-7-34(37(21-30)58-45(53)72)66-68-38-23-32-28(19-41(38)84(79,80)81)15-25(2)17-40(32)83(76,77)78/h4-7,14-23H,8-13H2,1-3H3,(H3,52,57,71)(H3,53,58,72)(H,73,74,75)(H,76,77,78)(H,79,80,81)(H,56,61,62,64)(H2,54,55,59,60,63). The van der Waals surface area contributed by atoms with Gasteiger partial charge in [0.15, 0.2) is 0 Å². The van der Waals surface area contributed by atoms with Crippen molar-refractivity contribution in [1.29, 1.82) is 0 Å². The van der Waals surface area contributed by atoms with Gasteiger partial charge in [-0.15, -0.1) is 15.3 Å². The number of azo groups is 2. The van der Waals surface area contributed by atoms with Gasteiger partial charge in [-0.05, 0) is 144 Å². The van der Waals surface area contributed by atoms with Gasteiger partial charge in [0.2, 0.25) is 34.4 Å². The Morgan fingerprint density at radius 2 is 1.01 bits per heavy atom. The molecule has 436 valence electrons. The molecule has 8 aromatic rings. The summed E-state index contributed by atoms with van der Waals surface area (Å²) in [5.74, 6) is 0.501. The lowest BCUT2D eigenvalue weighted by atomic mass is 10.0. The molecule has 1 aliphatic rings. The molecule has 9 rings (SSSR count). The van der Waals surface area contributed by atoms with Crippen molar-refractivity contribution in [1.82, 2.24) is 34.8 Å². The van der Waals surface area contributed by atoms with E-state index in [1.54, 1.807) is 32.0 Å². The van der Waals surface area contributed by atoms with E-state index in [4.69, 9.17) is 34.7 Å². The quantitative estimate of drug-likeness (QED) is 0.0283. The molecular formula is C49H47Cl2N19O11S3. The summed E-state index contributed by atoms with van der Waals surface area (Å²) in [7, 11) is -14.3. The number of halogens is 2. The number of benzene rings is 6. The van der Waals surface area contributed by atoms with Crippen LogP contribution >= 0.6 is 23.2 Å². The average molecular weight is 1250 g/mol. The van der Waals surface area contributed by atoms with Crippen molar-refractivity contribution < 1.29 is 48.5 Å². The molecule has 3 heterocycles. The highest BCUT2D eigenvalue weighted by molar-refractivity contribution is 7.86. The second-order valence-corrected chi connectivity index (χ2v) is 23.5. The Hall–Kier alpha value is -8.93. The van der Waals surface area contributed by atoms with Crippen molar-refractivity contribution in [3.63, 3.8) is 0 Å². The number of aryl methyl sites for hydroxylation is 3. The van der Waals surface area contributed by atoms with Crippen molar-refractivity contribution in [2.24, 2.45) is 31.9 Å². The van der Waals surface area contributed by atoms with Crippen LogP contribution in [-0.4, -0.2) is 125 Å². The Labute approximate surface area is 487 Å². The van der Waals surface area contributed by atoms with Crippen LogP contribution in [0.2, 0.25) is 10.6 Å². The maximum Gasteiger partial charge on any atom is 0.316 e.